The van der Waals surface area contributed by atoms with Gasteiger partial charge in [0, 0.05) is 6.07 Å². The number of hydrogen-bond donors (Lipinski definition) is 3. The van der Waals surface area contributed by atoms with Crippen molar-refractivity contribution in [1.29, 1.82) is 0 Å². The van der Waals surface area contributed by atoms with Crippen LogP contribution in [0, 0.1) is 17.5 Å². The Morgan fingerprint density at radius 3 is 2.39 bits per heavy atom. The summed E-state index contributed by atoms with van der Waals surface area (Å²) in [6.45, 7) is -0.483. The number of benzene rings is 2. The van der Waals surface area contributed by atoms with Crippen molar-refractivity contribution in [2.75, 3.05) is 31.4 Å². The molecule has 2 aromatic carbocycles. The van der Waals surface area contributed by atoms with Crippen molar-refractivity contribution in [2.24, 2.45) is 10.7 Å². The minimum absolute atomic E-state index is 0. The van der Waals surface area contributed by atoms with E-state index in [2.05, 4.69) is 15.6 Å². The standard InChI is InChI=1S/C17H17F3N4O3.HI/c1-26-9-3-6-13(27-2)12(7-9)24-17(21)22-8-14(25)23-11-5-4-10(18)15(19)16(11)20;/h3-7H,8H2,1-2H3,(H,23,25)(H3,21,22,24);1H. The zero-order valence-electron chi connectivity index (χ0n) is 14.9. The molecule has 0 saturated carbocycles. The van der Waals surface area contributed by atoms with Gasteiger partial charge in [-0.05, 0) is 24.3 Å². The van der Waals surface area contributed by atoms with Crippen molar-refractivity contribution in [3.8, 4) is 11.5 Å². The van der Waals surface area contributed by atoms with Gasteiger partial charge >= 0.3 is 0 Å². The first-order chi connectivity index (χ1) is 12.8. The van der Waals surface area contributed by atoms with Gasteiger partial charge in [-0.1, -0.05) is 0 Å². The third-order valence-electron chi connectivity index (χ3n) is 3.37. The zero-order valence-corrected chi connectivity index (χ0v) is 17.2. The average molecular weight is 510 g/mol. The number of carbonyl (C=O) groups is 1. The van der Waals surface area contributed by atoms with E-state index in [0.29, 0.717) is 23.3 Å². The normalized spacial score (nSPS) is 10.7. The molecule has 0 spiro atoms. The van der Waals surface area contributed by atoms with Crippen LogP contribution in [-0.4, -0.2) is 32.6 Å². The summed E-state index contributed by atoms with van der Waals surface area (Å²) in [5.41, 5.74) is 5.66. The minimum atomic E-state index is -1.68. The van der Waals surface area contributed by atoms with Gasteiger partial charge in [0.05, 0.1) is 25.6 Å². The van der Waals surface area contributed by atoms with E-state index < -0.39 is 35.6 Å². The molecule has 0 unspecified atom stereocenters. The summed E-state index contributed by atoms with van der Waals surface area (Å²) in [4.78, 5) is 15.6. The Kier molecular flexibility index (Phi) is 8.82. The van der Waals surface area contributed by atoms with Crippen molar-refractivity contribution in [1.82, 2.24) is 0 Å². The molecular formula is C17H18F3IN4O3. The predicted octanol–water partition coefficient (Wildman–Crippen LogP) is 3.10. The molecule has 0 saturated heterocycles. The molecule has 0 radical (unpaired) electrons. The van der Waals surface area contributed by atoms with Gasteiger partial charge in [-0.25, -0.2) is 18.2 Å². The van der Waals surface area contributed by atoms with E-state index in [1.165, 1.54) is 14.2 Å². The first kappa shape index (κ1) is 23.3. The molecule has 0 heterocycles. The highest BCUT2D eigenvalue weighted by atomic mass is 127. The van der Waals surface area contributed by atoms with Gasteiger partial charge < -0.3 is 25.8 Å². The van der Waals surface area contributed by atoms with Crippen LogP contribution in [-0.2, 0) is 4.79 Å². The number of amides is 1. The summed E-state index contributed by atoms with van der Waals surface area (Å²) in [7, 11) is 2.95. The Morgan fingerprint density at radius 1 is 1.04 bits per heavy atom. The molecule has 11 heteroatoms. The molecule has 0 aliphatic heterocycles. The summed E-state index contributed by atoms with van der Waals surface area (Å²) in [6, 6.07) is 6.53. The van der Waals surface area contributed by atoms with Crippen molar-refractivity contribution >= 4 is 47.2 Å². The van der Waals surface area contributed by atoms with E-state index in [1.807, 2.05) is 0 Å². The number of carbonyl (C=O) groups excluding carboxylic acids is 1. The Labute approximate surface area is 176 Å². The number of hydrogen-bond acceptors (Lipinski definition) is 4. The van der Waals surface area contributed by atoms with E-state index in [0.717, 1.165) is 6.07 Å². The number of halogens is 4. The summed E-state index contributed by atoms with van der Waals surface area (Å²) in [5.74, 6) is -4.43. The lowest BCUT2D eigenvalue weighted by atomic mass is 10.2. The van der Waals surface area contributed by atoms with Gasteiger partial charge in [0.1, 0.15) is 18.0 Å². The Bertz CT molecular complexity index is 881. The summed E-state index contributed by atoms with van der Waals surface area (Å²) in [6.07, 6.45) is 0. The van der Waals surface area contributed by atoms with Crippen LogP contribution >= 0.6 is 24.0 Å². The van der Waals surface area contributed by atoms with Gasteiger partial charge in [0.15, 0.2) is 23.4 Å². The lowest BCUT2D eigenvalue weighted by molar-refractivity contribution is -0.114. The maximum Gasteiger partial charge on any atom is 0.246 e. The van der Waals surface area contributed by atoms with Crippen molar-refractivity contribution < 1.29 is 27.4 Å². The Morgan fingerprint density at radius 2 is 1.75 bits per heavy atom. The highest BCUT2D eigenvalue weighted by Crippen LogP contribution is 2.28. The summed E-state index contributed by atoms with van der Waals surface area (Å²) < 4.78 is 49.8. The summed E-state index contributed by atoms with van der Waals surface area (Å²) >= 11 is 0. The SMILES string of the molecule is COc1ccc(OC)c(NC(N)=NCC(=O)Nc2ccc(F)c(F)c2F)c1.I. The fraction of sp³-hybridized carbons (Fsp3) is 0.176. The van der Waals surface area contributed by atoms with Crippen LogP contribution < -0.4 is 25.8 Å². The monoisotopic (exact) mass is 510 g/mol. The van der Waals surface area contributed by atoms with E-state index in [4.69, 9.17) is 15.2 Å². The van der Waals surface area contributed by atoms with Crippen LogP contribution in [0.1, 0.15) is 0 Å². The van der Waals surface area contributed by atoms with Gasteiger partial charge in [-0.3, -0.25) is 4.79 Å². The third kappa shape index (κ3) is 5.90. The Hall–Kier alpha value is -2.70. The molecule has 0 aliphatic rings. The fourth-order valence-electron chi connectivity index (χ4n) is 2.06. The second kappa shape index (κ2) is 10.6. The van der Waals surface area contributed by atoms with E-state index >= 15 is 0 Å². The first-order valence-electron chi connectivity index (χ1n) is 7.58. The number of aliphatic imine (C=N–C) groups is 1. The molecule has 28 heavy (non-hydrogen) atoms. The molecule has 0 bridgehead atoms. The van der Waals surface area contributed by atoms with Crippen LogP contribution in [0.15, 0.2) is 35.3 Å². The van der Waals surface area contributed by atoms with Crippen molar-refractivity contribution in [3.05, 3.63) is 47.8 Å². The van der Waals surface area contributed by atoms with Gasteiger partial charge in [0.2, 0.25) is 5.91 Å². The molecule has 2 aromatic rings. The van der Waals surface area contributed by atoms with E-state index in [-0.39, 0.29) is 29.9 Å². The number of ether oxygens (including phenoxy) is 2. The van der Waals surface area contributed by atoms with Crippen LogP contribution in [0.4, 0.5) is 24.5 Å². The maximum atomic E-state index is 13.5. The topological polar surface area (TPSA) is 98.0 Å². The highest BCUT2D eigenvalue weighted by molar-refractivity contribution is 14.0. The third-order valence-corrected chi connectivity index (χ3v) is 3.37. The maximum absolute atomic E-state index is 13.5. The second-order valence-electron chi connectivity index (χ2n) is 5.16. The van der Waals surface area contributed by atoms with Crippen LogP contribution in [0.5, 0.6) is 11.5 Å². The van der Waals surface area contributed by atoms with Crippen LogP contribution in [0.3, 0.4) is 0 Å². The zero-order chi connectivity index (χ0) is 20.0. The van der Waals surface area contributed by atoms with E-state index in [1.54, 1.807) is 18.2 Å². The molecule has 0 aliphatic carbocycles. The lowest BCUT2D eigenvalue weighted by Gasteiger charge is -2.12. The number of methoxy groups -OCH3 is 2. The molecule has 1 amide bonds. The lowest BCUT2D eigenvalue weighted by Crippen LogP contribution is -2.25. The number of nitrogens with one attached hydrogen (secondary N) is 2. The van der Waals surface area contributed by atoms with Gasteiger partial charge in [-0.15, -0.1) is 24.0 Å². The van der Waals surface area contributed by atoms with Crippen molar-refractivity contribution in [2.45, 2.75) is 0 Å². The van der Waals surface area contributed by atoms with Gasteiger partial charge in [0.25, 0.3) is 0 Å². The van der Waals surface area contributed by atoms with Crippen molar-refractivity contribution in [3.63, 3.8) is 0 Å². The fourth-order valence-corrected chi connectivity index (χ4v) is 2.06. The molecule has 7 nitrogen and oxygen atoms in total. The smallest absolute Gasteiger partial charge is 0.246 e. The molecule has 0 fully saturated rings. The average Bonchev–Trinajstić information content (AvgIpc) is 2.66. The largest absolute Gasteiger partial charge is 0.497 e. The second-order valence-corrected chi connectivity index (χ2v) is 5.16. The minimum Gasteiger partial charge on any atom is -0.497 e. The summed E-state index contributed by atoms with van der Waals surface area (Å²) in [5, 5.41) is 4.82. The number of guanidine groups is 1. The number of nitrogens with zero attached hydrogens (tertiary/aromatic N) is 1. The number of anilines is 2. The van der Waals surface area contributed by atoms with E-state index in [9.17, 15) is 18.0 Å². The number of rotatable bonds is 6. The van der Waals surface area contributed by atoms with Crippen LogP contribution in [0.25, 0.3) is 0 Å². The van der Waals surface area contributed by atoms with Crippen LogP contribution in [0.2, 0.25) is 0 Å². The molecule has 152 valence electrons. The molecule has 4 N–H and O–H groups in total. The number of nitrogens with two attached hydrogens (primary N) is 1. The predicted molar refractivity (Wildman–Crippen MR) is 110 cm³/mol. The highest BCUT2D eigenvalue weighted by Gasteiger charge is 2.15. The first-order valence-corrected chi connectivity index (χ1v) is 7.58. The molecular weight excluding hydrogens is 492 g/mol. The molecule has 2 rings (SSSR count). The Balaban J connectivity index is 0.00000392. The molecule has 0 atom stereocenters. The quantitative estimate of drug-likeness (QED) is 0.240. The molecule has 0 aromatic heterocycles. The van der Waals surface area contributed by atoms with Gasteiger partial charge in [-0.2, -0.15) is 0 Å².